The summed E-state index contributed by atoms with van der Waals surface area (Å²) in [4.78, 5) is 38.5. The van der Waals surface area contributed by atoms with Crippen molar-refractivity contribution in [2.45, 2.75) is 78.1 Å². The van der Waals surface area contributed by atoms with Crippen molar-refractivity contribution in [3.63, 3.8) is 0 Å². The number of carbonyl (C=O) groups excluding carboxylic acids is 2. The molecule has 1 saturated heterocycles. The van der Waals surface area contributed by atoms with Crippen molar-refractivity contribution in [2.75, 3.05) is 13.2 Å². The summed E-state index contributed by atoms with van der Waals surface area (Å²) in [5.74, 6) is -1.59. The molecule has 0 aromatic rings. The molecule has 8 nitrogen and oxygen atoms in total. The summed E-state index contributed by atoms with van der Waals surface area (Å²) in [7, 11) is 0. The molecule has 3 N–H and O–H groups in total. The van der Waals surface area contributed by atoms with E-state index < -0.39 is 42.5 Å². The Hall–Kier alpha value is -3.10. The maximum Gasteiger partial charge on any atom is 0.407 e. The van der Waals surface area contributed by atoms with Gasteiger partial charge < -0.3 is 25.4 Å². The van der Waals surface area contributed by atoms with Crippen LogP contribution in [0.1, 0.15) is 54.4 Å². The van der Waals surface area contributed by atoms with Crippen LogP contribution in [0.15, 0.2) is 48.2 Å². The third-order valence-electron chi connectivity index (χ3n) is 5.47. The van der Waals surface area contributed by atoms with E-state index in [-0.39, 0.29) is 31.2 Å². The van der Waals surface area contributed by atoms with Gasteiger partial charge in [0.05, 0.1) is 0 Å². The predicted octanol–water partition coefficient (Wildman–Crippen LogP) is 4.11. The maximum atomic E-state index is 12.7. The van der Waals surface area contributed by atoms with E-state index in [1.807, 2.05) is 6.92 Å². The van der Waals surface area contributed by atoms with Crippen molar-refractivity contribution in [2.24, 2.45) is 5.92 Å². The molecule has 2 amide bonds. The summed E-state index contributed by atoms with van der Waals surface area (Å²) >= 11 is 0. The van der Waals surface area contributed by atoms with Gasteiger partial charge in [-0.25, -0.2) is 14.0 Å². The van der Waals surface area contributed by atoms with Crippen molar-refractivity contribution in [3.8, 4) is 0 Å². The molecule has 0 saturated carbocycles. The van der Waals surface area contributed by atoms with Gasteiger partial charge in [0.2, 0.25) is 5.91 Å². The molecular weight excluding hydrogens is 453 g/mol. The number of carbonyl (C=O) groups is 3. The Morgan fingerprint density at radius 2 is 1.89 bits per heavy atom. The lowest BCUT2D eigenvalue weighted by molar-refractivity contribution is -0.141. The molecule has 4 unspecified atom stereocenters. The number of carboxylic acid groups (broad SMARTS) is 1. The number of alkyl halides is 1. The summed E-state index contributed by atoms with van der Waals surface area (Å²) in [6.45, 7) is 18.0. The number of hydrogen-bond acceptors (Lipinski definition) is 5. The minimum absolute atomic E-state index is 0.210. The van der Waals surface area contributed by atoms with E-state index in [0.29, 0.717) is 11.3 Å². The molecule has 0 aliphatic carbocycles. The molecule has 0 spiro atoms. The zero-order valence-corrected chi connectivity index (χ0v) is 21.7. The monoisotopic (exact) mass is 493 g/mol. The molecule has 35 heavy (non-hydrogen) atoms. The average molecular weight is 494 g/mol. The second-order valence-electron chi connectivity index (χ2n) is 10.1. The van der Waals surface area contributed by atoms with Crippen LogP contribution in [0.4, 0.5) is 9.18 Å². The molecule has 0 radical (unpaired) electrons. The lowest BCUT2D eigenvalue weighted by Crippen LogP contribution is -2.44. The minimum Gasteiger partial charge on any atom is -0.480 e. The van der Waals surface area contributed by atoms with Crippen molar-refractivity contribution >= 4 is 18.0 Å². The summed E-state index contributed by atoms with van der Waals surface area (Å²) in [6, 6.07) is -1.78. The molecule has 1 heterocycles. The molecule has 1 fully saturated rings. The van der Waals surface area contributed by atoms with Crippen molar-refractivity contribution in [1.82, 2.24) is 15.5 Å². The first-order valence-corrected chi connectivity index (χ1v) is 11.7. The van der Waals surface area contributed by atoms with Crippen LogP contribution in [0.5, 0.6) is 0 Å². The van der Waals surface area contributed by atoms with Gasteiger partial charge in [0.25, 0.3) is 0 Å². The van der Waals surface area contributed by atoms with Crippen LogP contribution in [0.3, 0.4) is 0 Å². The highest BCUT2D eigenvalue weighted by Gasteiger charge is 2.39. The Balaban J connectivity index is 3.01. The molecule has 196 valence electrons. The number of ether oxygens (including phenoxy) is 1. The summed E-state index contributed by atoms with van der Waals surface area (Å²) in [5.41, 5.74) is 1.01. The Morgan fingerprint density at radius 3 is 2.40 bits per heavy atom. The van der Waals surface area contributed by atoms with Crippen LogP contribution < -0.4 is 10.6 Å². The van der Waals surface area contributed by atoms with Gasteiger partial charge in [-0.05, 0) is 40.5 Å². The fraction of sp³-hybridized carbons (Fsp3) is 0.577. The smallest absolute Gasteiger partial charge is 0.407 e. The summed E-state index contributed by atoms with van der Waals surface area (Å²) in [6.07, 6.45) is 4.47. The number of amides is 2. The molecule has 0 bridgehead atoms. The largest absolute Gasteiger partial charge is 0.480 e. The van der Waals surface area contributed by atoms with E-state index in [1.54, 1.807) is 51.7 Å². The highest BCUT2D eigenvalue weighted by Crippen LogP contribution is 2.27. The standard InChI is InChI=1S/C26H40FN3O5/c1-16(2)12-18(4)23(31)28-20-14-22(24(32)33)30(15-20)19(5)13-21(17(3)10-9-11-27)29-25(34)35-26(6,7)8/h9-10,12,17,20-22H,1,5,11,13-15H2,2-4,6-8H3,(H,28,31)(H,29,34)(H,32,33). The number of carboxylic acids is 1. The van der Waals surface area contributed by atoms with Gasteiger partial charge in [-0.2, -0.15) is 0 Å². The van der Waals surface area contributed by atoms with E-state index in [2.05, 4.69) is 23.8 Å². The predicted molar refractivity (Wildman–Crippen MR) is 134 cm³/mol. The Morgan fingerprint density at radius 1 is 1.26 bits per heavy atom. The molecule has 0 aromatic heterocycles. The topological polar surface area (TPSA) is 108 Å². The van der Waals surface area contributed by atoms with Gasteiger partial charge in [-0.15, -0.1) is 0 Å². The van der Waals surface area contributed by atoms with Gasteiger partial charge in [-0.1, -0.05) is 43.9 Å². The zero-order chi connectivity index (χ0) is 26.9. The van der Waals surface area contributed by atoms with E-state index in [4.69, 9.17) is 4.74 Å². The Kier molecular flexibility index (Phi) is 11.2. The highest BCUT2D eigenvalue weighted by atomic mass is 19.1. The number of alkyl carbamates (subject to hydrolysis) is 1. The van der Waals surface area contributed by atoms with Crippen LogP contribution in [-0.2, 0) is 14.3 Å². The lowest BCUT2D eigenvalue weighted by Gasteiger charge is -2.31. The maximum absolute atomic E-state index is 12.7. The normalized spacial score (nSPS) is 20.3. The van der Waals surface area contributed by atoms with Crippen LogP contribution in [0, 0.1) is 5.92 Å². The highest BCUT2D eigenvalue weighted by molar-refractivity contribution is 5.93. The number of hydrogen-bond donors (Lipinski definition) is 3. The quantitative estimate of drug-likeness (QED) is 0.227. The SMILES string of the molecule is C=C(C)C=C(C)C(=O)NC1CC(C(=O)O)N(C(=C)CC(NC(=O)OC(C)(C)C)C(C)C=CCF)C1. The second-order valence-corrected chi connectivity index (χ2v) is 10.1. The second kappa shape index (κ2) is 13.1. The number of allylic oxidation sites excluding steroid dienone is 3. The molecule has 0 aromatic carbocycles. The fourth-order valence-electron chi connectivity index (χ4n) is 3.86. The van der Waals surface area contributed by atoms with Gasteiger partial charge in [0, 0.05) is 42.7 Å². The lowest BCUT2D eigenvalue weighted by atomic mass is 9.96. The Labute approximate surface area is 208 Å². The number of rotatable bonds is 11. The third-order valence-corrected chi connectivity index (χ3v) is 5.47. The van der Waals surface area contributed by atoms with Crippen LogP contribution in [0.2, 0.25) is 0 Å². The van der Waals surface area contributed by atoms with Crippen molar-refractivity contribution in [3.05, 3.63) is 48.2 Å². The van der Waals surface area contributed by atoms with E-state index >= 15 is 0 Å². The molecule has 1 aliphatic heterocycles. The van der Waals surface area contributed by atoms with E-state index in [0.717, 1.165) is 5.57 Å². The van der Waals surface area contributed by atoms with E-state index in [1.165, 1.54) is 6.08 Å². The Bertz CT molecular complexity index is 875. The van der Waals surface area contributed by atoms with Gasteiger partial charge in [0.1, 0.15) is 18.3 Å². The average Bonchev–Trinajstić information content (AvgIpc) is 3.13. The molecule has 4 atom stereocenters. The summed E-state index contributed by atoms with van der Waals surface area (Å²) < 4.78 is 18.0. The third kappa shape index (κ3) is 10.4. The molecular formula is C26H40FN3O5. The molecule has 9 heteroatoms. The summed E-state index contributed by atoms with van der Waals surface area (Å²) in [5, 5.41) is 15.5. The van der Waals surface area contributed by atoms with Gasteiger partial charge in [0.15, 0.2) is 0 Å². The first kappa shape index (κ1) is 29.9. The number of halogens is 1. The van der Waals surface area contributed by atoms with E-state index in [9.17, 15) is 23.9 Å². The first-order chi connectivity index (χ1) is 16.1. The fourth-order valence-corrected chi connectivity index (χ4v) is 3.86. The van der Waals surface area contributed by atoms with Crippen molar-refractivity contribution in [1.29, 1.82) is 0 Å². The van der Waals surface area contributed by atoms with Crippen molar-refractivity contribution < 1.29 is 28.6 Å². The number of likely N-dealkylation sites (tertiary alicyclic amines) is 1. The number of nitrogens with one attached hydrogen (secondary N) is 2. The number of nitrogens with zero attached hydrogens (tertiary/aromatic N) is 1. The van der Waals surface area contributed by atoms with Crippen LogP contribution >= 0.6 is 0 Å². The van der Waals surface area contributed by atoms with Crippen LogP contribution in [-0.4, -0.2) is 64.9 Å². The number of aliphatic carboxylic acids is 1. The van der Waals surface area contributed by atoms with Gasteiger partial charge in [-0.3, -0.25) is 4.79 Å². The van der Waals surface area contributed by atoms with Crippen LogP contribution in [0.25, 0.3) is 0 Å². The first-order valence-electron chi connectivity index (χ1n) is 11.7. The van der Waals surface area contributed by atoms with Gasteiger partial charge >= 0.3 is 12.1 Å². The zero-order valence-electron chi connectivity index (χ0n) is 21.7. The molecule has 1 rings (SSSR count). The molecule has 1 aliphatic rings. The minimum atomic E-state index is -1.03.